The van der Waals surface area contributed by atoms with Crippen LogP contribution >= 0.6 is 0 Å². The van der Waals surface area contributed by atoms with Crippen molar-refractivity contribution < 1.29 is 18.7 Å². The lowest BCUT2D eigenvalue weighted by molar-refractivity contribution is 0.0364. The number of pyridine rings is 2. The Bertz CT molecular complexity index is 1800. The number of ether oxygens (including phenoxy) is 2. The number of aromatic nitrogens is 2. The van der Waals surface area contributed by atoms with Gasteiger partial charge < -0.3 is 30.4 Å². The summed E-state index contributed by atoms with van der Waals surface area (Å²) in [7, 11) is 0. The first-order valence-corrected chi connectivity index (χ1v) is 16.9. The number of alkyl halides is 1. The lowest BCUT2D eigenvalue weighted by Crippen LogP contribution is -2.39. The van der Waals surface area contributed by atoms with Gasteiger partial charge in [-0.05, 0) is 98.3 Å². The molecule has 0 radical (unpaired) electrons. The number of carbonyl (C=O) groups excluding carboxylic acids is 1. The Labute approximate surface area is 280 Å². The first-order valence-electron chi connectivity index (χ1n) is 16.9. The molecule has 2 aromatic carbocycles. The van der Waals surface area contributed by atoms with Crippen molar-refractivity contribution in [2.45, 2.75) is 51.9 Å². The summed E-state index contributed by atoms with van der Waals surface area (Å²) in [5, 5.41) is 7.29. The molecule has 0 atom stereocenters. The summed E-state index contributed by atoms with van der Waals surface area (Å²) in [6.45, 7) is 7.48. The SMILES string of the molecule is Cc1ccc(NC(=O)c2cc(CF)cc(NC3CCOCC3)c2)cc1-c1cc2cnc(CCCN)cc2n(CCN2CCOCC2)c1=O. The Morgan fingerprint density at radius 3 is 2.54 bits per heavy atom. The molecule has 254 valence electrons. The van der Waals surface area contributed by atoms with Gasteiger partial charge in [0.15, 0.2) is 0 Å². The molecule has 11 heteroatoms. The Hall–Kier alpha value is -4.16. The molecule has 0 aliphatic carbocycles. The normalized spacial score (nSPS) is 15.9. The first kappa shape index (κ1) is 33.7. The summed E-state index contributed by atoms with van der Waals surface area (Å²) in [4.78, 5) is 34.8. The van der Waals surface area contributed by atoms with Crippen LogP contribution in [0.15, 0.2) is 59.5 Å². The number of nitrogens with zero attached hydrogens (tertiary/aromatic N) is 3. The van der Waals surface area contributed by atoms with E-state index in [0.29, 0.717) is 67.6 Å². The predicted molar refractivity (Wildman–Crippen MR) is 187 cm³/mol. The van der Waals surface area contributed by atoms with Gasteiger partial charge in [0.05, 0.1) is 18.7 Å². The highest BCUT2D eigenvalue weighted by molar-refractivity contribution is 6.05. The molecule has 2 fully saturated rings. The standard InChI is InChI=1S/C37H45FN6O4/c1-25-4-5-31(42-36(45)27-17-26(23-38)18-32(19-27)41-29-6-13-47-14-7-29)21-33(25)34-20-28-24-40-30(3-2-8-39)22-35(28)44(37(34)46)10-9-43-11-15-48-16-12-43/h4-5,17-22,24,29,41H,2-3,6-16,23,39H2,1H3,(H,42,45). The highest BCUT2D eigenvalue weighted by atomic mass is 19.1. The summed E-state index contributed by atoms with van der Waals surface area (Å²) in [5.41, 5.74) is 11.6. The van der Waals surface area contributed by atoms with Crippen molar-refractivity contribution in [1.82, 2.24) is 14.5 Å². The fraction of sp³-hybridized carbons (Fsp3) is 0.432. The number of benzene rings is 2. The average molecular weight is 657 g/mol. The van der Waals surface area contributed by atoms with Crippen LogP contribution in [0, 0.1) is 6.92 Å². The predicted octanol–water partition coefficient (Wildman–Crippen LogP) is 4.91. The minimum atomic E-state index is -0.679. The molecule has 2 aliphatic heterocycles. The molecule has 2 saturated heterocycles. The maximum absolute atomic E-state index is 14.3. The van der Waals surface area contributed by atoms with E-state index < -0.39 is 6.67 Å². The smallest absolute Gasteiger partial charge is 0.258 e. The number of carbonyl (C=O) groups is 1. The molecule has 0 saturated carbocycles. The molecule has 0 unspecified atom stereocenters. The van der Waals surface area contributed by atoms with Gasteiger partial charge in [-0.2, -0.15) is 0 Å². The Morgan fingerprint density at radius 2 is 1.77 bits per heavy atom. The van der Waals surface area contributed by atoms with Gasteiger partial charge in [-0.15, -0.1) is 0 Å². The van der Waals surface area contributed by atoms with Crippen molar-refractivity contribution in [3.05, 3.63) is 87.5 Å². The van der Waals surface area contributed by atoms with Crippen LogP contribution in [0.4, 0.5) is 15.8 Å². The van der Waals surface area contributed by atoms with Gasteiger partial charge in [-0.25, -0.2) is 4.39 Å². The van der Waals surface area contributed by atoms with Gasteiger partial charge in [0, 0.05) is 85.2 Å². The van der Waals surface area contributed by atoms with Crippen molar-refractivity contribution in [2.24, 2.45) is 5.73 Å². The van der Waals surface area contributed by atoms with Crippen molar-refractivity contribution in [3.8, 4) is 11.1 Å². The third-order valence-electron chi connectivity index (χ3n) is 9.20. The lowest BCUT2D eigenvalue weighted by atomic mass is 9.99. The van der Waals surface area contributed by atoms with Crippen LogP contribution in [0.3, 0.4) is 0 Å². The van der Waals surface area contributed by atoms with E-state index in [9.17, 15) is 14.0 Å². The van der Waals surface area contributed by atoms with Crippen LogP contribution in [0.25, 0.3) is 22.0 Å². The highest BCUT2D eigenvalue weighted by Gasteiger charge is 2.19. The minimum absolute atomic E-state index is 0.0993. The van der Waals surface area contributed by atoms with E-state index in [0.717, 1.165) is 73.0 Å². The number of nitrogens with two attached hydrogens (primary N) is 1. The molecular weight excluding hydrogens is 611 g/mol. The Kier molecular flexibility index (Phi) is 11.1. The van der Waals surface area contributed by atoms with Gasteiger partial charge in [-0.3, -0.25) is 19.5 Å². The first-order chi connectivity index (χ1) is 23.4. The van der Waals surface area contributed by atoms with Crippen LogP contribution < -0.4 is 21.9 Å². The van der Waals surface area contributed by atoms with Gasteiger partial charge in [0.25, 0.3) is 11.5 Å². The van der Waals surface area contributed by atoms with Crippen molar-refractivity contribution in [1.29, 1.82) is 0 Å². The molecule has 4 aromatic rings. The molecular formula is C37H45FN6O4. The number of aryl methyl sites for hydroxylation is 2. The number of anilines is 2. The van der Waals surface area contributed by atoms with Crippen LogP contribution in [0.5, 0.6) is 0 Å². The maximum atomic E-state index is 14.3. The number of rotatable bonds is 12. The van der Waals surface area contributed by atoms with Gasteiger partial charge >= 0.3 is 0 Å². The highest BCUT2D eigenvalue weighted by Crippen LogP contribution is 2.28. The minimum Gasteiger partial charge on any atom is -0.382 e. The molecule has 4 heterocycles. The number of hydrogen-bond acceptors (Lipinski definition) is 8. The van der Waals surface area contributed by atoms with Gasteiger partial charge in [0.1, 0.15) is 6.67 Å². The molecule has 10 nitrogen and oxygen atoms in total. The second-order valence-electron chi connectivity index (χ2n) is 12.7. The fourth-order valence-corrected chi connectivity index (χ4v) is 6.47. The van der Waals surface area contributed by atoms with Crippen molar-refractivity contribution >= 4 is 28.2 Å². The summed E-state index contributed by atoms with van der Waals surface area (Å²) < 4.78 is 26.7. The average Bonchev–Trinajstić information content (AvgIpc) is 3.11. The van der Waals surface area contributed by atoms with E-state index in [1.54, 1.807) is 18.2 Å². The van der Waals surface area contributed by atoms with E-state index >= 15 is 0 Å². The number of amides is 1. The van der Waals surface area contributed by atoms with Crippen molar-refractivity contribution in [3.63, 3.8) is 0 Å². The monoisotopic (exact) mass is 656 g/mol. The van der Waals surface area contributed by atoms with Gasteiger partial charge in [-0.1, -0.05) is 6.07 Å². The zero-order valence-corrected chi connectivity index (χ0v) is 27.6. The van der Waals surface area contributed by atoms with Crippen LogP contribution in [-0.4, -0.2) is 79.0 Å². The molecule has 2 aliphatic rings. The third-order valence-corrected chi connectivity index (χ3v) is 9.20. The number of halogens is 1. The zero-order valence-electron chi connectivity index (χ0n) is 27.6. The Balaban J connectivity index is 1.31. The zero-order chi connectivity index (χ0) is 33.5. The molecule has 48 heavy (non-hydrogen) atoms. The van der Waals surface area contributed by atoms with E-state index in [4.69, 9.17) is 15.2 Å². The van der Waals surface area contributed by atoms with E-state index in [1.165, 1.54) is 0 Å². The molecule has 0 bridgehead atoms. The fourth-order valence-electron chi connectivity index (χ4n) is 6.47. The van der Waals surface area contributed by atoms with Gasteiger partial charge in [0.2, 0.25) is 0 Å². The number of morpholine rings is 1. The van der Waals surface area contributed by atoms with E-state index in [-0.39, 0.29) is 17.5 Å². The molecule has 4 N–H and O–H groups in total. The number of nitrogens with one attached hydrogen (secondary N) is 2. The lowest BCUT2D eigenvalue weighted by Gasteiger charge is -2.27. The summed E-state index contributed by atoms with van der Waals surface area (Å²) >= 11 is 0. The van der Waals surface area contributed by atoms with Crippen LogP contribution in [-0.2, 0) is 29.1 Å². The molecule has 0 spiro atoms. The quantitative estimate of drug-likeness (QED) is 0.197. The van der Waals surface area contributed by atoms with Crippen LogP contribution in [0.1, 0.15) is 46.4 Å². The molecule has 6 rings (SSSR count). The molecule has 1 amide bonds. The summed E-state index contributed by atoms with van der Waals surface area (Å²) in [6, 6.07) is 14.7. The summed E-state index contributed by atoms with van der Waals surface area (Å²) in [5.74, 6) is -0.356. The number of fused-ring (bicyclic) bond motifs is 1. The van der Waals surface area contributed by atoms with E-state index in [1.807, 2.05) is 48.0 Å². The van der Waals surface area contributed by atoms with Crippen LogP contribution in [0.2, 0.25) is 0 Å². The second kappa shape index (κ2) is 15.8. The van der Waals surface area contributed by atoms with Crippen molar-refractivity contribution in [2.75, 3.05) is 63.2 Å². The second-order valence-corrected chi connectivity index (χ2v) is 12.7. The largest absolute Gasteiger partial charge is 0.382 e. The third kappa shape index (κ3) is 8.10. The maximum Gasteiger partial charge on any atom is 0.258 e. The molecule has 2 aromatic heterocycles. The number of hydrogen-bond donors (Lipinski definition) is 3. The summed E-state index contributed by atoms with van der Waals surface area (Å²) in [6.07, 6.45) is 5.10. The van der Waals surface area contributed by atoms with E-state index in [2.05, 4.69) is 20.5 Å². The topological polar surface area (TPSA) is 124 Å². The Morgan fingerprint density at radius 1 is 0.979 bits per heavy atom.